The van der Waals surface area contributed by atoms with Gasteiger partial charge in [0.1, 0.15) is 25.5 Å². The van der Waals surface area contributed by atoms with E-state index in [-0.39, 0.29) is 36.1 Å². The van der Waals surface area contributed by atoms with Crippen molar-refractivity contribution in [2.45, 2.75) is 118 Å². The number of methoxy groups -OCH3 is 1. The van der Waals surface area contributed by atoms with Gasteiger partial charge in [0.25, 0.3) is 0 Å². The van der Waals surface area contributed by atoms with Crippen LogP contribution < -0.4 is 0 Å². The molecule has 2 aromatic carbocycles. The van der Waals surface area contributed by atoms with Crippen molar-refractivity contribution in [1.29, 1.82) is 0 Å². The van der Waals surface area contributed by atoms with Crippen LogP contribution in [-0.4, -0.2) is 56.4 Å². The van der Waals surface area contributed by atoms with Gasteiger partial charge >= 0.3 is 12.1 Å². The van der Waals surface area contributed by atoms with Gasteiger partial charge in [-0.2, -0.15) is 0 Å². The van der Waals surface area contributed by atoms with Gasteiger partial charge in [0.2, 0.25) is 0 Å². The molecule has 5 unspecified atom stereocenters. The number of carbonyl (C=O) groups excluding carboxylic acids is 2. The lowest BCUT2D eigenvalue weighted by atomic mass is 9.82. The zero-order chi connectivity index (χ0) is 35.7. The summed E-state index contributed by atoms with van der Waals surface area (Å²) in [5.74, 6) is 0.176. The molecule has 9 heteroatoms. The van der Waals surface area contributed by atoms with Crippen molar-refractivity contribution in [2.75, 3.05) is 13.7 Å². The molecule has 2 heterocycles. The Hall–Kier alpha value is -3.14. The normalized spacial score (nSPS) is 18.6. The summed E-state index contributed by atoms with van der Waals surface area (Å²) in [5, 5.41) is 1.24. The molecular weight excluding hydrogens is 635 g/mol. The fraction of sp³-hybridized carbons (Fsp3) is 0.600. The zero-order valence-corrected chi connectivity index (χ0v) is 32.2. The lowest BCUT2D eigenvalue weighted by Crippen LogP contribution is -2.38. The van der Waals surface area contributed by atoms with Crippen LogP contribution in [0, 0.1) is 23.7 Å². The Bertz CT molecular complexity index is 1500. The summed E-state index contributed by atoms with van der Waals surface area (Å²) in [6.45, 7) is 19.0. The summed E-state index contributed by atoms with van der Waals surface area (Å²) in [6.07, 6.45) is 4.13. The first-order valence-electron chi connectivity index (χ1n) is 18.1. The maximum Gasteiger partial charge on any atom is 0.509 e. The monoisotopic (exact) mass is 693 g/mol. The molecule has 0 radical (unpaired) electrons. The fourth-order valence-electron chi connectivity index (χ4n) is 6.45. The molecule has 3 aromatic rings. The van der Waals surface area contributed by atoms with Crippen LogP contribution in [-0.2, 0) is 54.7 Å². The van der Waals surface area contributed by atoms with Crippen LogP contribution in [0.1, 0.15) is 70.6 Å². The van der Waals surface area contributed by atoms with Gasteiger partial charge in [-0.25, -0.2) is 4.79 Å². The second kappa shape index (κ2) is 17.7. The van der Waals surface area contributed by atoms with Gasteiger partial charge < -0.3 is 28.3 Å². The Labute approximate surface area is 294 Å². The smallest absolute Gasteiger partial charge is 0.458 e. The van der Waals surface area contributed by atoms with Gasteiger partial charge in [0.05, 0.1) is 19.5 Å². The van der Waals surface area contributed by atoms with Crippen molar-refractivity contribution in [3.63, 3.8) is 0 Å². The van der Waals surface area contributed by atoms with Crippen molar-refractivity contribution >= 4 is 31.1 Å². The Morgan fingerprint density at radius 2 is 1.76 bits per heavy atom. The second-order valence-corrected chi connectivity index (χ2v) is 21.1. The van der Waals surface area contributed by atoms with E-state index in [2.05, 4.69) is 69.4 Å². The number of cyclic esters (lactones) is 1. The SMILES string of the molecule is COCCCc1cn(COC(C)[Si](C)(C)C)c2ccc(CC(CC(OC(=O)OCc3ccccc3)C3CC(C(C)C)C(=O)O3)C(C)C)cc12. The highest BCUT2D eigenvalue weighted by Crippen LogP contribution is 2.35. The first-order valence-corrected chi connectivity index (χ1v) is 21.6. The number of benzene rings is 2. The molecule has 0 saturated carbocycles. The number of hydrogen-bond donors (Lipinski definition) is 0. The molecule has 4 rings (SSSR count). The summed E-state index contributed by atoms with van der Waals surface area (Å²) in [6, 6.07) is 16.3. The minimum absolute atomic E-state index is 0.119. The topological polar surface area (TPSA) is 85.2 Å². The molecule has 0 bridgehead atoms. The molecule has 0 amide bonds. The van der Waals surface area contributed by atoms with Crippen LogP contribution in [0.15, 0.2) is 54.7 Å². The minimum atomic E-state index is -1.43. The number of rotatable bonds is 18. The molecule has 1 fully saturated rings. The Kier molecular flexibility index (Phi) is 13.9. The molecule has 0 spiro atoms. The molecule has 5 atom stereocenters. The van der Waals surface area contributed by atoms with Crippen molar-refractivity contribution in [3.8, 4) is 0 Å². The van der Waals surface area contributed by atoms with E-state index in [4.69, 9.17) is 23.7 Å². The van der Waals surface area contributed by atoms with Gasteiger partial charge in [0.15, 0.2) is 0 Å². The number of aromatic nitrogens is 1. The van der Waals surface area contributed by atoms with Crippen molar-refractivity contribution in [1.82, 2.24) is 4.57 Å². The molecule has 1 aromatic heterocycles. The molecular formula is C40H59NO7Si. The van der Waals surface area contributed by atoms with Gasteiger partial charge in [0, 0.05) is 37.4 Å². The van der Waals surface area contributed by atoms with E-state index in [1.54, 1.807) is 7.11 Å². The zero-order valence-electron chi connectivity index (χ0n) is 31.2. The molecule has 1 aliphatic rings. The van der Waals surface area contributed by atoms with Gasteiger partial charge in [-0.3, -0.25) is 4.79 Å². The van der Waals surface area contributed by atoms with Crippen LogP contribution in [0.3, 0.4) is 0 Å². The number of esters is 1. The molecule has 0 aliphatic carbocycles. The average molecular weight is 694 g/mol. The number of nitrogens with zero attached hydrogens (tertiary/aromatic N) is 1. The highest BCUT2D eigenvalue weighted by atomic mass is 28.3. The van der Waals surface area contributed by atoms with Crippen molar-refractivity contribution < 1.29 is 33.3 Å². The van der Waals surface area contributed by atoms with E-state index < -0.39 is 26.4 Å². The predicted octanol–water partition coefficient (Wildman–Crippen LogP) is 8.97. The van der Waals surface area contributed by atoms with Crippen LogP contribution in [0.2, 0.25) is 19.6 Å². The molecule has 1 aliphatic heterocycles. The van der Waals surface area contributed by atoms with E-state index in [0.29, 0.717) is 32.1 Å². The summed E-state index contributed by atoms with van der Waals surface area (Å²) in [7, 11) is 0.318. The lowest BCUT2D eigenvalue weighted by Gasteiger charge is -2.29. The molecule has 0 N–H and O–H groups in total. The van der Waals surface area contributed by atoms with Gasteiger partial charge in [-0.05, 0) is 79.2 Å². The Morgan fingerprint density at radius 1 is 1.02 bits per heavy atom. The number of carbonyl (C=O) groups is 2. The largest absolute Gasteiger partial charge is 0.509 e. The Morgan fingerprint density at radius 3 is 2.39 bits per heavy atom. The van der Waals surface area contributed by atoms with E-state index in [1.165, 1.54) is 22.0 Å². The number of fused-ring (bicyclic) bond motifs is 1. The van der Waals surface area contributed by atoms with Crippen molar-refractivity contribution in [2.24, 2.45) is 23.7 Å². The minimum Gasteiger partial charge on any atom is -0.458 e. The molecule has 1 saturated heterocycles. The summed E-state index contributed by atoms with van der Waals surface area (Å²) in [4.78, 5) is 25.8. The Balaban J connectivity index is 1.55. The van der Waals surface area contributed by atoms with Crippen LogP contribution in [0.5, 0.6) is 0 Å². The number of aryl methyl sites for hydroxylation is 1. The third-order valence-corrected chi connectivity index (χ3v) is 12.8. The summed E-state index contributed by atoms with van der Waals surface area (Å²) >= 11 is 0. The second-order valence-electron chi connectivity index (χ2n) is 15.6. The third-order valence-electron chi connectivity index (χ3n) is 10.2. The first kappa shape index (κ1) is 38.7. The highest BCUT2D eigenvalue weighted by Gasteiger charge is 2.43. The quantitative estimate of drug-likeness (QED) is 0.0747. The highest BCUT2D eigenvalue weighted by molar-refractivity contribution is 6.77. The van der Waals surface area contributed by atoms with Crippen molar-refractivity contribution in [3.05, 3.63) is 71.4 Å². The number of hydrogen-bond acceptors (Lipinski definition) is 7. The molecule has 270 valence electrons. The molecule has 49 heavy (non-hydrogen) atoms. The van der Waals surface area contributed by atoms with Gasteiger partial charge in [-0.15, -0.1) is 0 Å². The maximum absolute atomic E-state index is 13.0. The maximum atomic E-state index is 13.0. The standard InChI is InChI=1S/C40H59NO7Si/c1-27(2)33(22-37(38-23-34(28(3)4)39(42)47-38)48-40(43)45-25-30-14-11-10-12-15-30)20-31-17-18-36-35(21-31)32(16-13-19-44-6)24-41(36)26-46-29(5)49(7,8)9/h10-12,14-15,17-18,21,24,27-29,33-34,37-38H,13,16,19-20,22-23,25-26H2,1-9H3. The average Bonchev–Trinajstić information content (AvgIpc) is 3.62. The van der Waals surface area contributed by atoms with E-state index >= 15 is 0 Å². The van der Waals surface area contributed by atoms with E-state index in [0.717, 1.165) is 24.8 Å². The predicted molar refractivity (Wildman–Crippen MR) is 197 cm³/mol. The first-order chi connectivity index (χ1) is 23.3. The van der Waals surface area contributed by atoms with Crippen LogP contribution in [0.25, 0.3) is 10.9 Å². The van der Waals surface area contributed by atoms with Gasteiger partial charge in [-0.1, -0.05) is 83.7 Å². The lowest BCUT2D eigenvalue weighted by molar-refractivity contribution is -0.150. The summed E-state index contributed by atoms with van der Waals surface area (Å²) in [5.41, 5.74) is 4.81. The number of ether oxygens (including phenoxy) is 5. The van der Waals surface area contributed by atoms with Crippen LogP contribution in [0.4, 0.5) is 4.79 Å². The third kappa shape index (κ3) is 10.9. The fourth-order valence-corrected chi connectivity index (χ4v) is 7.02. The van der Waals surface area contributed by atoms with Crippen LogP contribution >= 0.6 is 0 Å². The molecule has 8 nitrogen and oxygen atoms in total. The van der Waals surface area contributed by atoms with E-state index in [9.17, 15) is 9.59 Å². The summed E-state index contributed by atoms with van der Waals surface area (Å²) < 4.78 is 31.4. The van der Waals surface area contributed by atoms with E-state index in [1.807, 2.05) is 44.2 Å².